The molecule has 1 aliphatic rings. The molecule has 0 heterocycles. The van der Waals surface area contributed by atoms with Crippen LogP contribution in [0.4, 0.5) is 17.6 Å². The van der Waals surface area contributed by atoms with Crippen LogP contribution in [0, 0.1) is 11.7 Å². The van der Waals surface area contributed by atoms with Crippen LogP contribution in [0.5, 0.6) is 0 Å². The monoisotopic (exact) mass is 289 g/mol. The summed E-state index contributed by atoms with van der Waals surface area (Å²) in [5.41, 5.74) is 0.677. The number of nitrogens with one attached hydrogen (secondary N) is 1. The van der Waals surface area contributed by atoms with Gasteiger partial charge in [0, 0.05) is 12.1 Å². The van der Waals surface area contributed by atoms with Gasteiger partial charge < -0.3 is 5.32 Å². The third-order valence-corrected chi connectivity index (χ3v) is 4.00. The van der Waals surface area contributed by atoms with E-state index in [9.17, 15) is 17.6 Å². The normalized spacial score (nSPS) is 25.4. The minimum absolute atomic E-state index is 0.178. The summed E-state index contributed by atoms with van der Waals surface area (Å²) in [6.07, 6.45) is -2.04. The second kappa shape index (κ2) is 6.12. The fourth-order valence-corrected chi connectivity index (χ4v) is 2.92. The van der Waals surface area contributed by atoms with Gasteiger partial charge in [0.2, 0.25) is 0 Å². The van der Waals surface area contributed by atoms with Crippen molar-refractivity contribution in [1.82, 2.24) is 5.32 Å². The Hall–Kier alpha value is -1.10. The van der Waals surface area contributed by atoms with Crippen molar-refractivity contribution in [1.29, 1.82) is 0 Å². The van der Waals surface area contributed by atoms with Gasteiger partial charge in [0.05, 0.1) is 5.92 Å². The minimum atomic E-state index is -4.17. The molecular formula is C15H19F4N. The van der Waals surface area contributed by atoms with Crippen LogP contribution < -0.4 is 5.32 Å². The largest absolute Gasteiger partial charge is 0.393 e. The SMILES string of the molecule is CC(NC1CCCCC1C(F)(F)F)c1cccc(F)c1. The Bertz CT molecular complexity index is 444. The molecule has 0 aliphatic heterocycles. The molecule has 2 rings (SSSR count). The van der Waals surface area contributed by atoms with Gasteiger partial charge in [0.1, 0.15) is 5.82 Å². The van der Waals surface area contributed by atoms with Gasteiger partial charge in [-0.2, -0.15) is 13.2 Å². The first-order valence-corrected chi connectivity index (χ1v) is 6.96. The summed E-state index contributed by atoms with van der Waals surface area (Å²) in [5.74, 6) is -1.67. The lowest BCUT2D eigenvalue weighted by atomic mass is 9.83. The molecular weight excluding hydrogens is 270 g/mol. The van der Waals surface area contributed by atoms with Crippen LogP contribution in [-0.4, -0.2) is 12.2 Å². The topological polar surface area (TPSA) is 12.0 Å². The third-order valence-electron chi connectivity index (χ3n) is 4.00. The van der Waals surface area contributed by atoms with Crippen molar-refractivity contribution in [3.8, 4) is 0 Å². The summed E-state index contributed by atoms with van der Waals surface area (Å²) in [5, 5.41) is 3.03. The van der Waals surface area contributed by atoms with Crippen molar-refractivity contribution in [3.05, 3.63) is 35.6 Å². The zero-order chi connectivity index (χ0) is 14.8. The Morgan fingerprint density at radius 3 is 2.55 bits per heavy atom. The highest BCUT2D eigenvalue weighted by molar-refractivity contribution is 5.19. The number of benzene rings is 1. The van der Waals surface area contributed by atoms with E-state index >= 15 is 0 Å². The molecule has 0 aromatic heterocycles. The van der Waals surface area contributed by atoms with E-state index in [0.717, 1.165) is 6.42 Å². The predicted molar refractivity (Wildman–Crippen MR) is 69.8 cm³/mol. The zero-order valence-corrected chi connectivity index (χ0v) is 11.4. The third kappa shape index (κ3) is 3.72. The Morgan fingerprint density at radius 2 is 1.90 bits per heavy atom. The lowest BCUT2D eigenvalue weighted by molar-refractivity contribution is -0.189. The molecule has 0 bridgehead atoms. The van der Waals surface area contributed by atoms with Gasteiger partial charge in [-0.1, -0.05) is 25.0 Å². The highest BCUT2D eigenvalue weighted by atomic mass is 19.4. The second-order valence-corrected chi connectivity index (χ2v) is 5.48. The van der Waals surface area contributed by atoms with Gasteiger partial charge in [-0.25, -0.2) is 4.39 Å². The predicted octanol–water partition coefficient (Wildman–Crippen LogP) is 4.60. The summed E-state index contributed by atoms with van der Waals surface area (Å²) in [6.45, 7) is 1.77. The van der Waals surface area contributed by atoms with Gasteiger partial charge >= 0.3 is 6.18 Å². The number of hydrogen-bond donors (Lipinski definition) is 1. The maximum absolute atomic E-state index is 13.2. The van der Waals surface area contributed by atoms with Gasteiger partial charge in [-0.15, -0.1) is 0 Å². The Morgan fingerprint density at radius 1 is 1.20 bits per heavy atom. The van der Waals surface area contributed by atoms with Crippen LogP contribution >= 0.6 is 0 Å². The highest BCUT2D eigenvalue weighted by Crippen LogP contribution is 2.38. The van der Waals surface area contributed by atoms with E-state index in [1.54, 1.807) is 19.1 Å². The molecule has 0 saturated heterocycles. The fourth-order valence-electron chi connectivity index (χ4n) is 2.92. The first-order chi connectivity index (χ1) is 9.38. The quantitative estimate of drug-likeness (QED) is 0.802. The standard InChI is InChI=1S/C15H19F4N/c1-10(11-5-4-6-12(16)9-11)20-14-8-3-2-7-13(14)15(17,18)19/h4-6,9-10,13-14,20H,2-3,7-8H2,1H3. The first-order valence-electron chi connectivity index (χ1n) is 6.96. The highest BCUT2D eigenvalue weighted by Gasteiger charge is 2.45. The van der Waals surface area contributed by atoms with E-state index in [1.807, 2.05) is 0 Å². The van der Waals surface area contributed by atoms with Crippen LogP contribution in [-0.2, 0) is 0 Å². The average Bonchev–Trinajstić information content (AvgIpc) is 2.38. The molecule has 1 fully saturated rings. The molecule has 1 aliphatic carbocycles. The summed E-state index contributed by atoms with van der Waals surface area (Å²) < 4.78 is 52.2. The molecule has 5 heteroatoms. The summed E-state index contributed by atoms with van der Waals surface area (Å²) >= 11 is 0. The van der Waals surface area contributed by atoms with E-state index in [-0.39, 0.29) is 18.3 Å². The van der Waals surface area contributed by atoms with Crippen molar-refractivity contribution in [2.45, 2.75) is 50.9 Å². The van der Waals surface area contributed by atoms with Crippen LogP contribution in [0.1, 0.15) is 44.2 Å². The van der Waals surface area contributed by atoms with Crippen molar-refractivity contribution < 1.29 is 17.6 Å². The number of halogens is 4. The van der Waals surface area contributed by atoms with Gasteiger partial charge in [0.15, 0.2) is 0 Å². The molecule has 112 valence electrons. The maximum atomic E-state index is 13.2. The van der Waals surface area contributed by atoms with Crippen LogP contribution in [0.25, 0.3) is 0 Å². The molecule has 3 unspecified atom stereocenters. The lowest BCUT2D eigenvalue weighted by Crippen LogP contribution is -2.46. The summed E-state index contributed by atoms with van der Waals surface area (Å²) in [6, 6.07) is 5.12. The van der Waals surface area contributed by atoms with E-state index in [0.29, 0.717) is 18.4 Å². The number of alkyl halides is 3. The lowest BCUT2D eigenvalue weighted by Gasteiger charge is -2.35. The van der Waals surface area contributed by atoms with E-state index in [2.05, 4.69) is 5.32 Å². The molecule has 0 amide bonds. The smallest absolute Gasteiger partial charge is 0.307 e. The summed E-state index contributed by atoms with van der Waals surface area (Å²) in [4.78, 5) is 0. The van der Waals surface area contributed by atoms with E-state index < -0.39 is 18.1 Å². The molecule has 0 radical (unpaired) electrons. The van der Waals surface area contributed by atoms with Crippen LogP contribution in [0.15, 0.2) is 24.3 Å². The minimum Gasteiger partial charge on any atom is -0.307 e. The van der Waals surface area contributed by atoms with Crippen LogP contribution in [0.2, 0.25) is 0 Å². The maximum Gasteiger partial charge on any atom is 0.393 e. The molecule has 1 aromatic carbocycles. The van der Waals surface area contributed by atoms with E-state index in [1.165, 1.54) is 12.1 Å². The number of rotatable bonds is 3. The van der Waals surface area contributed by atoms with Crippen molar-refractivity contribution in [3.63, 3.8) is 0 Å². The second-order valence-electron chi connectivity index (χ2n) is 5.48. The van der Waals surface area contributed by atoms with Gasteiger partial charge in [-0.3, -0.25) is 0 Å². The molecule has 1 N–H and O–H groups in total. The molecule has 3 atom stereocenters. The summed E-state index contributed by atoms with van der Waals surface area (Å²) in [7, 11) is 0. The molecule has 20 heavy (non-hydrogen) atoms. The van der Waals surface area contributed by atoms with Gasteiger partial charge in [0.25, 0.3) is 0 Å². The Labute approximate surface area is 116 Å². The van der Waals surface area contributed by atoms with Crippen molar-refractivity contribution in [2.24, 2.45) is 5.92 Å². The average molecular weight is 289 g/mol. The fraction of sp³-hybridized carbons (Fsp3) is 0.600. The van der Waals surface area contributed by atoms with Crippen molar-refractivity contribution >= 4 is 0 Å². The Balaban J connectivity index is 2.07. The Kier molecular flexibility index (Phi) is 4.68. The van der Waals surface area contributed by atoms with Crippen molar-refractivity contribution in [2.75, 3.05) is 0 Å². The molecule has 1 nitrogen and oxygen atoms in total. The van der Waals surface area contributed by atoms with Crippen LogP contribution in [0.3, 0.4) is 0 Å². The molecule has 1 aromatic rings. The molecule has 1 saturated carbocycles. The molecule has 0 spiro atoms. The zero-order valence-electron chi connectivity index (χ0n) is 11.4. The number of hydrogen-bond acceptors (Lipinski definition) is 1. The van der Waals surface area contributed by atoms with Gasteiger partial charge in [-0.05, 0) is 37.5 Å². The first kappa shape index (κ1) is 15.3. The van der Waals surface area contributed by atoms with E-state index in [4.69, 9.17) is 0 Å².